The fourth-order valence-electron chi connectivity index (χ4n) is 2.58. The lowest BCUT2D eigenvalue weighted by Gasteiger charge is -2.11. The Balaban J connectivity index is 0.00000450. The molecule has 0 aromatic heterocycles. The molecule has 0 spiro atoms. The van der Waals surface area contributed by atoms with Crippen molar-refractivity contribution in [1.29, 1.82) is 0 Å². The van der Waals surface area contributed by atoms with E-state index in [9.17, 15) is 4.79 Å². The largest absolute Gasteiger partial charge is 0.493 e. The highest BCUT2D eigenvalue weighted by Crippen LogP contribution is 2.29. The van der Waals surface area contributed by atoms with E-state index in [2.05, 4.69) is 15.6 Å². The number of nitrogens with one attached hydrogen (secondary N) is 2. The number of nitrogens with zero attached hydrogens (tertiary/aromatic N) is 2. The van der Waals surface area contributed by atoms with Gasteiger partial charge in [0.05, 0.1) is 20.8 Å². The van der Waals surface area contributed by atoms with Crippen molar-refractivity contribution in [2.24, 2.45) is 10.7 Å². The molecule has 0 aliphatic heterocycles. The Bertz CT molecular complexity index is 858. The molecule has 164 valence electrons. The van der Waals surface area contributed by atoms with Gasteiger partial charge in [-0.25, -0.2) is 4.99 Å². The van der Waals surface area contributed by atoms with Crippen LogP contribution in [0.3, 0.4) is 0 Å². The Labute approximate surface area is 194 Å². The Kier molecular flexibility index (Phi) is 11.0. The third-order valence-electron chi connectivity index (χ3n) is 4.12. The summed E-state index contributed by atoms with van der Waals surface area (Å²) >= 11 is 0. The molecule has 2 aromatic rings. The number of rotatable bonds is 9. The number of methoxy groups -OCH3 is 2. The van der Waals surface area contributed by atoms with Gasteiger partial charge in [-0.2, -0.15) is 0 Å². The van der Waals surface area contributed by atoms with E-state index in [0.717, 1.165) is 17.8 Å². The summed E-state index contributed by atoms with van der Waals surface area (Å²) < 4.78 is 10.5. The van der Waals surface area contributed by atoms with E-state index in [1.54, 1.807) is 32.4 Å². The van der Waals surface area contributed by atoms with Gasteiger partial charge in [0, 0.05) is 30.4 Å². The fourth-order valence-corrected chi connectivity index (χ4v) is 2.58. The number of hydrogen-bond acceptors (Lipinski definition) is 5. The maximum atomic E-state index is 12.2. The lowest BCUT2D eigenvalue weighted by atomic mass is 10.1. The molecule has 30 heavy (non-hydrogen) atoms. The summed E-state index contributed by atoms with van der Waals surface area (Å²) in [4.78, 5) is 18.6. The standard InChI is InChI=1S/C21H29N5O3.HI/c1-26(2)11-10-23-20(27)16-7-5-6-15(12-16)14-24-21(22)25-17-8-9-18(28-3)19(13-17)29-4;/h5-9,12-13H,10-11,14H2,1-4H3,(H,23,27)(H3,22,24,25);1H. The van der Waals surface area contributed by atoms with Gasteiger partial charge in [0.1, 0.15) is 0 Å². The second-order valence-electron chi connectivity index (χ2n) is 6.66. The van der Waals surface area contributed by atoms with Gasteiger partial charge in [0.25, 0.3) is 5.91 Å². The van der Waals surface area contributed by atoms with E-state index in [-0.39, 0.29) is 35.8 Å². The molecule has 0 saturated heterocycles. The van der Waals surface area contributed by atoms with Crippen molar-refractivity contribution in [3.8, 4) is 11.5 Å². The predicted octanol–water partition coefficient (Wildman–Crippen LogP) is 2.54. The van der Waals surface area contributed by atoms with E-state index in [1.165, 1.54) is 0 Å². The second kappa shape index (κ2) is 12.9. The third-order valence-corrected chi connectivity index (χ3v) is 4.12. The van der Waals surface area contributed by atoms with Gasteiger partial charge in [-0.1, -0.05) is 12.1 Å². The Morgan fingerprint density at radius 2 is 1.83 bits per heavy atom. The molecule has 0 fully saturated rings. The molecule has 8 nitrogen and oxygen atoms in total. The van der Waals surface area contributed by atoms with Gasteiger partial charge in [-0.3, -0.25) is 4.79 Å². The molecule has 4 N–H and O–H groups in total. The van der Waals surface area contributed by atoms with Crippen molar-refractivity contribution in [3.63, 3.8) is 0 Å². The van der Waals surface area contributed by atoms with Gasteiger partial charge in [-0.15, -0.1) is 24.0 Å². The first kappa shape index (κ1) is 25.5. The van der Waals surface area contributed by atoms with Crippen LogP contribution in [0.1, 0.15) is 15.9 Å². The van der Waals surface area contributed by atoms with Crippen LogP contribution in [0.5, 0.6) is 11.5 Å². The maximum absolute atomic E-state index is 12.2. The second-order valence-corrected chi connectivity index (χ2v) is 6.66. The molecule has 9 heteroatoms. The highest BCUT2D eigenvalue weighted by Gasteiger charge is 2.07. The molecular formula is C21H30IN5O3. The van der Waals surface area contributed by atoms with E-state index in [0.29, 0.717) is 30.2 Å². The van der Waals surface area contributed by atoms with Crippen molar-refractivity contribution in [3.05, 3.63) is 53.6 Å². The highest BCUT2D eigenvalue weighted by molar-refractivity contribution is 14.0. The molecule has 0 atom stereocenters. The Morgan fingerprint density at radius 1 is 1.10 bits per heavy atom. The minimum absolute atomic E-state index is 0. The number of aliphatic imine (C=N–C) groups is 1. The molecule has 0 saturated carbocycles. The molecule has 0 unspecified atom stereocenters. The zero-order valence-corrected chi connectivity index (χ0v) is 20.1. The first-order chi connectivity index (χ1) is 13.9. The summed E-state index contributed by atoms with van der Waals surface area (Å²) in [6, 6.07) is 12.7. The Hall–Kier alpha value is -2.53. The smallest absolute Gasteiger partial charge is 0.251 e. The molecular weight excluding hydrogens is 497 g/mol. The van der Waals surface area contributed by atoms with E-state index >= 15 is 0 Å². The van der Waals surface area contributed by atoms with Crippen molar-refractivity contribution < 1.29 is 14.3 Å². The average Bonchev–Trinajstić information content (AvgIpc) is 2.72. The number of guanidine groups is 1. The molecule has 0 radical (unpaired) electrons. The fraction of sp³-hybridized carbons (Fsp3) is 0.333. The van der Waals surface area contributed by atoms with Crippen LogP contribution in [-0.2, 0) is 6.54 Å². The SMILES string of the molecule is COc1ccc(NC(N)=NCc2cccc(C(=O)NCCN(C)C)c2)cc1OC.I. The van der Waals surface area contributed by atoms with Gasteiger partial charge in [0.15, 0.2) is 17.5 Å². The van der Waals surface area contributed by atoms with Crippen LogP contribution in [0, 0.1) is 0 Å². The third kappa shape index (κ3) is 8.07. The van der Waals surface area contributed by atoms with Crippen LogP contribution in [0.15, 0.2) is 47.5 Å². The van der Waals surface area contributed by atoms with Crippen LogP contribution >= 0.6 is 24.0 Å². The predicted molar refractivity (Wildman–Crippen MR) is 131 cm³/mol. The van der Waals surface area contributed by atoms with Crippen molar-refractivity contribution >= 4 is 41.5 Å². The number of benzene rings is 2. The summed E-state index contributed by atoms with van der Waals surface area (Å²) in [6.07, 6.45) is 0. The number of carbonyl (C=O) groups is 1. The lowest BCUT2D eigenvalue weighted by Crippen LogP contribution is -2.31. The molecule has 0 heterocycles. The number of ether oxygens (including phenoxy) is 2. The van der Waals surface area contributed by atoms with Crippen LogP contribution in [0.25, 0.3) is 0 Å². The van der Waals surface area contributed by atoms with E-state index in [1.807, 2.05) is 43.3 Å². The number of carbonyl (C=O) groups excluding carboxylic acids is 1. The maximum Gasteiger partial charge on any atom is 0.251 e. The zero-order valence-electron chi connectivity index (χ0n) is 17.8. The normalized spacial score (nSPS) is 10.9. The summed E-state index contributed by atoms with van der Waals surface area (Å²) in [7, 11) is 7.08. The van der Waals surface area contributed by atoms with Crippen LogP contribution in [0.2, 0.25) is 0 Å². The van der Waals surface area contributed by atoms with Crippen LogP contribution in [-0.4, -0.2) is 58.2 Å². The topological polar surface area (TPSA) is 101 Å². The van der Waals surface area contributed by atoms with E-state index in [4.69, 9.17) is 15.2 Å². The average molecular weight is 527 g/mol. The summed E-state index contributed by atoms with van der Waals surface area (Å²) in [6.45, 7) is 1.73. The number of hydrogen-bond donors (Lipinski definition) is 3. The van der Waals surface area contributed by atoms with Crippen LogP contribution < -0.4 is 25.8 Å². The lowest BCUT2D eigenvalue weighted by molar-refractivity contribution is 0.0951. The Morgan fingerprint density at radius 3 is 2.50 bits per heavy atom. The molecule has 0 bridgehead atoms. The quantitative estimate of drug-likeness (QED) is 0.263. The summed E-state index contributed by atoms with van der Waals surface area (Å²) in [5.41, 5.74) is 8.22. The monoisotopic (exact) mass is 527 g/mol. The molecule has 1 amide bonds. The van der Waals surface area contributed by atoms with Crippen molar-refractivity contribution in [2.75, 3.05) is 46.7 Å². The minimum atomic E-state index is -0.103. The van der Waals surface area contributed by atoms with Gasteiger partial charge in [-0.05, 0) is 43.9 Å². The number of nitrogens with two attached hydrogens (primary N) is 1. The van der Waals surface area contributed by atoms with Crippen molar-refractivity contribution in [2.45, 2.75) is 6.54 Å². The summed E-state index contributed by atoms with van der Waals surface area (Å²) in [5.74, 6) is 1.39. The van der Waals surface area contributed by atoms with Crippen molar-refractivity contribution in [1.82, 2.24) is 10.2 Å². The first-order valence-electron chi connectivity index (χ1n) is 9.23. The summed E-state index contributed by atoms with van der Waals surface area (Å²) in [5, 5.41) is 5.92. The van der Waals surface area contributed by atoms with Crippen LogP contribution in [0.4, 0.5) is 5.69 Å². The molecule has 0 aliphatic carbocycles. The highest BCUT2D eigenvalue weighted by atomic mass is 127. The molecule has 2 aromatic carbocycles. The minimum Gasteiger partial charge on any atom is -0.493 e. The first-order valence-corrected chi connectivity index (χ1v) is 9.23. The number of amides is 1. The van der Waals surface area contributed by atoms with Gasteiger partial charge >= 0.3 is 0 Å². The molecule has 2 rings (SSSR count). The number of anilines is 1. The zero-order chi connectivity index (χ0) is 21.2. The van der Waals surface area contributed by atoms with E-state index < -0.39 is 0 Å². The molecule has 0 aliphatic rings. The van der Waals surface area contributed by atoms with Gasteiger partial charge < -0.3 is 30.7 Å². The number of halogens is 1. The van der Waals surface area contributed by atoms with Gasteiger partial charge in [0.2, 0.25) is 0 Å². The number of likely N-dealkylation sites (N-methyl/N-ethyl adjacent to an activating group) is 1.